The molecule has 3 rings (SSSR count). The molecule has 1 aliphatic carbocycles. The summed E-state index contributed by atoms with van der Waals surface area (Å²) < 4.78 is 9.78. The molecule has 1 aliphatic heterocycles. The highest BCUT2D eigenvalue weighted by atomic mass is 32.1. The number of esters is 2. The number of carbonyl (C=O) groups excluding carboxylic acids is 3. The largest absolute Gasteiger partial charge is 0.469 e. The van der Waals surface area contributed by atoms with Gasteiger partial charge in [-0.2, -0.15) is 0 Å². The molecule has 2 N–H and O–H groups in total. The fraction of sp³-hybridized carbons (Fsp3) is 0.650. The van der Waals surface area contributed by atoms with E-state index in [0.717, 1.165) is 55.7 Å². The third kappa shape index (κ3) is 4.55. The topological polar surface area (TPSA) is 86.1 Å². The highest BCUT2D eigenvalue weighted by Crippen LogP contribution is 2.39. The van der Waals surface area contributed by atoms with Crippen molar-refractivity contribution < 1.29 is 28.8 Å². The minimum absolute atomic E-state index is 0.0613. The van der Waals surface area contributed by atoms with E-state index < -0.39 is 0 Å². The minimum Gasteiger partial charge on any atom is -0.469 e. The predicted octanol–water partition coefficient (Wildman–Crippen LogP) is 1.07. The number of amides is 1. The summed E-state index contributed by atoms with van der Waals surface area (Å²) in [6.07, 6.45) is 4.29. The molecule has 1 amide bonds. The summed E-state index contributed by atoms with van der Waals surface area (Å²) in [6, 6.07) is 0. The molecule has 8 heteroatoms. The maximum atomic E-state index is 12.6. The Kier molecular flexibility index (Phi) is 6.72. The molecular formula is C20H29N2O5S+. The van der Waals surface area contributed by atoms with E-state index in [1.165, 1.54) is 30.4 Å². The molecule has 0 aromatic carbocycles. The van der Waals surface area contributed by atoms with Gasteiger partial charge in [0, 0.05) is 17.7 Å². The lowest BCUT2D eigenvalue weighted by Gasteiger charge is -2.27. The Morgan fingerprint density at radius 1 is 1.14 bits per heavy atom. The lowest BCUT2D eigenvalue weighted by atomic mass is 9.88. The van der Waals surface area contributed by atoms with E-state index in [2.05, 4.69) is 12.2 Å². The summed E-state index contributed by atoms with van der Waals surface area (Å²) in [5.41, 5.74) is 1.57. The number of likely N-dealkylation sites (tertiary alicyclic amines) is 1. The van der Waals surface area contributed by atoms with Crippen LogP contribution in [0.1, 0.15) is 47.0 Å². The summed E-state index contributed by atoms with van der Waals surface area (Å²) in [6.45, 7) is 4.05. The van der Waals surface area contributed by atoms with Crippen LogP contribution in [0.5, 0.6) is 0 Å². The number of ether oxygens (including phenoxy) is 2. The van der Waals surface area contributed by atoms with Gasteiger partial charge in [0.2, 0.25) is 0 Å². The van der Waals surface area contributed by atoms with Gasteiger partial charge in [0.05, 0.1) is 38.8 Å². The highest BCUT2D eigenvalue weighted by Gasteiger charge is 2.31. The van der Waals surface area contributed by atoms with Gasteiger partial charge in [0.25, 0.3) is 5.91 Å². The zero-order valence-corrected chi connectivity index (χ0v) is 17.6. The second-order valence-electron chi connectivity index (χ2n) is 7.82. The molecule has 1 aromatic heterocycles. The van der Waals surface area contributed by atoms with Gasteiger partial charge < -0.3 is 19.7 Å². The van der Waals surface area contributed by atoms with Crippen molar-refractivity contribution in [3.8, 4) is 0 Å². The van der Waals surface area contributed by atoms with E-state index in [1.807, 2.05) is 0 Å². The molecule has 1 fully saturated rings. The number of fused-ring (bicyclic) bond motifs is 1. The van der Waals surface area contributed by atoms with Crippen LogP contribution >= 0.6 is 11.3 Å². The van der Waals surface area contributed by atoms with E-state index in [4.69, 9.17) is 9.47 Å². The molecule has 28 heavy (non-hydrogen) atoms. The van der Waals surface area contributed by atoms with Crippen LogP contribution in [0, 0.1) is 11.8 Å². The number of piperidine rings is 1. The van der Waals surface area contributed by atoms with Gasteiger partial charge in [-0.1, -0.05) is 6.92 Å². The van der Waals surface area contributed by atoms with Crippen molar-refractivity contribution >= 4 is 34.2 Å². The smallest absolute Gasteiger partial charge is 0.341 e. The van der Waals surface area contributed by atoms with Crippen LogP contribution < -0.4 is 10.2 Å². The number of carbonyl (C=O) groups is 3. The lowest BCUT2D eigenvalue weighted by Crippen LogP contribution is -3.14. The van der Waals surface area contributed by atoms with E-state index >= 15 is 0 Å². The van der Waals surface area contributed by atoms with Gasteiger partial charge in [0.1, 0.15) is 5.00 Å². The number of nitrogens with one attached hydrogen (secondary N) is 2. The SMILES string of the molecule is COC(=O)c1c(NC(=O)C[NH+]2CCC(C(=O)OC)CC2)sc2c1CC[C@@H](C)C2. The zero-order chi connectivity index (χ0) is 20.3. The van der Waals surface area contributed by atoms with Crippen LogP contribution in [-0.4, -0.2) is 51.7 Å². The zero-order valence-electron chi connectivity index (χ0n) is 16.8. The van der Waals surface area contributed by atoms with Gasteiger partial charge in [-0.15, -0.1) is 11.3 Å². The molecule has 2 aliphatic rings. The maximum absolute atomic E-state index is 12.6. The Balaban J connectivity index is 1.64. The second-order valence-corrected chi connectivity index (χ2v) is 8.93. The first kappa shape index (κ1) is 20.8. The first-order valence-electron chi connectivity index (χ1n) is 9.87. The molecule has 1 atom stereocenters. The predicted molar refractivity (Wildman–Crippen MR) is 106 cm³/mol. The summed E-state index contributed by atoms with van der Waals surface area (Å²) in [7, 11) is 2.79. The minimum atomic E-state index is -0.381. The maximum Gasteiger partial charge on any atom is 0.341 e. The molecule has 7 nitrogen and oxygen atoms in total. The summed E-state index contributed by atoms with van der Waals surface area (Å²) in [5, 5.41) is 3.57. The number of quaternary nitrogens is 1. The van der Waals surface area contributed by atoms with Crippen LogP contribution in [0.4, 0.5) is 5.00 Å². The number of thiophene rings is 1. The van der Waals surface area contributed by atoms with Crippen molar-refractivity contribution in [2.75, 3.05) is 39.2 Å². The standard InChI is InChI=1S/C20H28N2O5S/c1-12-4-5-14-15(10-12)28-18(17(14)20(25)27-3)21-16(23)11-22-8-6-13(7-9-22)19(24)26-2/h12-13H,4-11H2,1-3H3,(H,21,23)/p+1/t12-/m1/s1. The first-order valence-corrected chi connectivity index (χ1v) is 10.7. The third-order valence-electron chi connectivity index (χ3n) is 5.79. The molecule has 2 heterocycles. The Bertz CT molecular complexity index is 752. The molecule has 0 spiro atoms. The van der Waals surface area contributed by atoms with Gasteiger partial charge in [-0.05, 0) is 30.7 Å². The van der Waals surface area contributed by atoms with Crippen molar-refractivity contribution in [3.05, 3.63) is 16.0 Å². The van der Waals surface area contributed by atoms with Crippen LogP contribution in [0.2, 0.25) is 0 Å². The molecular weight excluding hydrogens is 380 g/mol. The Hall–Kier alpha value is -1.93. The van der Waals surface area contributed by atoms with Gasteiger partial charge >= 0.3 is 11.9 Å². The fourth-order valence-corrected chi connectivity index (χ4v) is 5.57. The van der Waals surface area contributed by atoms with Gasteiger partial charge in [-0.3, -0.25) is 9.59 Å². The summed E-state index contributed by atoms with van der Waals surface area (Å²) in [5.74, 6) is -0.129. The Morgan fingerprint density at radius 3 is 2.50 bits per heavy atom. The third-order valence-corrected chi connectivity index (χ3v) is 6.96. The molecule has 0 bridgehead atoms. The molecule has 1 aromatic rings. The average Bonchev–Trinajstić information content (AvgIpc) is 3.03. The molecule has 0 unspecified atom stereocenters. The normalized spacial score (nSPS) is 24.2. The molecule has 0 radical (unpaired) electrons. The number of hydrogen-bond donors (Lipinski definition) is 2. The summed E-state index contributed by atoms with van der Waals surface area (Å²) >= 11 is 1.50. The van der Waals surface area contributed by atoms with Crippen molar-refractivity contribution in [2.45, 2.75) is 39.0 Å². The lowest BCUT2D eigenvalue weighted by molar-refractivity contribution is -0.897. The average molecular weight is 410 g/mol. The number of hydrogen-bond acceptors (Lipinski definition) is 6. The second kappa shape index (κ2) is 9.05. The van der Waals surface area contributed by atoms with Crippen LogP contribution in [0.3, 0.4) is 0 Å². The van der Waals surface area contributed by atoms with Crippen LogP contribution in [0.25, 0.3) is 0 Å². The quantitative estimate of drug-likeness (QED) is 0.711. The molecule has 154 valence electrons. The highest BCUT2D eigenvalue weighted by molar-refractivity contribution is 7.17. The van der Waals surface area contributed by atoms with E-state index in [-0.39, 0.29) is 23.8 Å². The van der Waals surface area contributed by atoms with Gasteiger partial charge in [0.15, 0.2) is 6.54 Å². The number of anilines is 1. The van der Waals surface area contributed by atoms with Gasteiger partial charge in [-0.25, -0.2) is 4.79 Å². The number of methoxy groups -OCH3 is 2. The first-order chi connectivity index (χ1) is 13.4. The van der Waals surface area contributed by atoms with Crippen LogP contribution in [-0.2, 0) is 31.9 Å². The molecule has 1 saturated heterocycles. The van der Waals surface area contributed by atoms with E-state index in [0.29, 0.717) is 23.0 Å². The van der Waals surface area contributed by atoms with E-state index in [9.17, 15) is 14.4 Å². The fourth-order valence-electron chi connectivity index (χ4n) is 4.16. The van der Waals surface area contributed by atoms with Crippen molar-refractivity contribution in [1.29, 1.82) is 0 Å². The van der Waals surface area contributed by atoms with Crippen molar-refractivity contribution in [3.63, 3.8) is 0 Å². The summed E-state index contributed by atoms with van der Waals surface area (Å²) in [4.78, 5) is 38.9. The Morgan fingerprint density at radius 2 is 1.86 bits per heavy atom. The molecule has 0 saturated carbocycles. The Labute approximate surface area is 169 Å². The van der Waals surface area contributed by atoms with E-state index in [1.54, 1.807) is 0 Å². The van der Waals surface area contributed by atoms with Crippen LogP contribution in [0.15, 0.2) is 0 Å². The monoisotopic (exact) mass is 409 g/mol. The van der Waals surface area contributed by atoms with Crippen molar-refractivity contribution in [2.24, 2.45) is 11.8 Å². The number of rotatable bonds is 5. The van der Waals surface area contributed by atoms with Crippen molar-refractivity contribution in [1.82, 2.24) is 0 Å².